The Kier molecular flexibility index (Phi) is 4.15. The third kappa shape index (κ3) is 2.93. The van der Waals surface area contributed by atoms with Crippen molar-refractivity contribution in [1.29, 1.82) is 0 Å². The number of anilines is 1. The van der Waals surface area contributed by atoms with E-state index in [1.165, 1.54) is 17.1 Å². The fourth-order valence-electron chi connectivity index (χ4n) is 2.00. The first-order valence-electron chi connectivity index (χ1n) is 5.87. The van der Waals surface area contributed by atoms with Gasteiger partial charge < -0.3 is 10.4 Å². The molecule has 2 heterocycles. The molecule has 5 heteroatoms. The monoisotopic (exact) mass is 241 g/mol. The summed E-state index contributed by atoms with van der Waals surface area (Å²) in [6.45, 7) is 5.92. The molecule has 0 unspecified atom stereocenters. The summed E-state index contributed by atoms with van der Waals surface area (Å²) in [4.78, 5) is 2.39. The van der Waals surface area contributed by atoms with Gasteiger partial charge in [0.1, 0.15) is 5.82 Å². The molecule has 0 atom stereocenters. The predicted octanol–water partition coefficient (Wildman–Crippen LogP) is 1.53. The van der Waals surface area contributed by atoms with Gasteiger partial charge in [0.05, 0.1) is 6.10 Å². The molecule has 0 bridgehead atoms. The van der Waals surface area contributed by atoms with Crippen molar-refractivity contribution >= 4 is 17.4 Å². The molecule has 0 aliphatic carbocycles. The van der Waals surface area contributed by atoms with Crippen LogP contribution in [-0.2, 0) is 6.54 Å². The first-order valence-corrected chi connectivity index (χ1v) is 6.70. The normalized spacial score (nSPS) is 18.9. The molecule has 0 saturated carbocycles. The van der Waals surface area contributed by atoms with Crippen LogP contribution in [0.25, 0.3) is 0 Å². The average molecular weight is 241 g/mol. The van der Waals surface area contributed by atoms with Gasteiger partial charge in [-0.1, -0.05) is 0 Å². The fourth-order valence-corrected chi connectivity index (χ4v) is 2.65. The largest absolute Gasteiger partial charge is 0.393 e. The zero-order valence-corrected chi connectivity index (χ0v) is 10.5. The summed E-state index contributed by atoms with van der Waals surface area (Å²) >= 11 is 1.51. The molecule has 1 aliphatic heterocycles. The summed E-state index contributed by atoms with van der Waals surface area (Å²) in [5, 5.41) is 14.8. The average Bonchev–Trinajstić information content (AvgIpc) is 2.70. The van der Waals surface area contributed by atoms with Crippen LogP contribution < -0.4 is 5.32 Å². The van der Waals surface area contributed by atoms with E-state index in [0.29, 0.717) is 0 Å². The lowest BCUT2D eigenvalue weighted by atomic mass is 10.1. The number of nitrogens with zero attached hydrogens (tertiary/aromatic N) is 2. The number of aromatic nitrogens is 1. The van der Waals surface area contributed by atoms with Crippen LogP contribution in [0.3, 0.4) is 0 Å². The van der Waals surface area contributed by atoms with Crippen molar-refractivity contribution in [2.24, 2.45) is 0 Å². The molecule has 0 spiro atoms. The highest BCUT2D eigenvalue weighted by atomic mass is 32.1. The quantitative estimate of drug-likeness (QED) is 0.839. The van der Waals surface area contributed by atoms with E-state index in [1.54, 1.807) is 0 Å². The van der Waals surface area contributed by atoms with E-state index in [0.717, 1.165) is 44.8 Å². The van der Waals surface area contributed by atoms with Gasteiger partial charge in [-0.2, -0.15) is 4.37 Å². The molecule has 0 radical (unpaired) electrons. The zero-order valence-electron chi connectivity index (χ0n) is 9.65. The van der Waals surface area contributed by atoms with Gasteiger partial charge in [0, 0.05) is 37.1 Å². The highest BCUT2D eigenvalue weighted by Crippen LogP contribution is 2.20. The second-order valence-corrected chi connectivity index (χ2v) is 4.86. The lowest BCUT2D eigenvalue weighted by Crippen LogP contribution is -2.35. The van der Waals surface area contributed by atoms with Gasteiger partial charge in [0.25, 0.3) is 0 Å². The maximum Gasteiger partial charge on any atom is 0.144 e. The molecule has 0 aromatic carbocycles. The second kappa shape index (κ2) is 5.61. The van der Waals surface area contributed by atoms with E-state index in [-0.39, 0.29) is 6.10 Å². The molecule has 1 aliphatic rings. The van der Waals surface area contributed by atoms with Crippen molar-refractivity contribution in [1.82, 2.24) is 9.27 Å². The minimum atomic E-state index is -0.0925. The molecule has 1 saturated heterocycles. The maximum absolute atomic E-state index is 9.44. The Morgan fingerprint density at radius 1 is 1.56 bits per heavy atom. The summed E-state index contributed by atoms with van der Waals surface area (Å²) in [7, 11) is 0. The van der Waals surface area contributed by atoms with E-state index < -0.39 is 0 Å². The maximum atomic E-state index is 9.44. The second-order valence-electron chi connectivity index (χ2n) is 4.23. The van der Waals surface area contributed by atoms with E-state index >= 15 is 0 Å². The minimum Gasteiger partial charge on any atom is -0.393 e. The van der Waals surface area contributed by atoms with Gasteiger partial charge in [-0.3, -0.25) is 4.90 Å². The summed E-state index contributed by atoms with van der Waals surface area (Å²) in [5.41, 5.74) is 1.28. The molecule has 4 nitrogen and oxygen atoms in total. The third-order valence-corrected chi connectivity index (χ3v) is 3.62. The molecule has 2 N–H and O–H groups in total. The molecular formula is C11H19N3OS. The number of piperidine rings is 1. The molecule has 1 aromatic heterocycles. The van der Waals surface area contributed by atoms with E-state index in [4.69, 9.17) is 0 Å². The van der Waals surface area contributed by atoms with Gasteiger partial charge in [-0.25, -0.2) is 0 Å². The number of nitrogens with one attached hydrogen (secondary N) is 1. The van der Waals surface area contributed by atoms with Crippen LogP contribution in [0, 0.1) is 0 Å². The van der Waals surface area contributed by atoms with Crippen LogP contribution in [0.5, 0.6) is 0 Å². The molecular weight excluding hydrogens is 222 g/mol. The van der Waals surface area contributed by atoms with Crippen LogP contribution in [0.15, 0.2) is 5.38 Å². The smallest absolute Gasteiger partial charge is 0.144 e. The van der Waals surface area contributed by atoms with E-state index in [1.807, 2.05) is 0 Å². The summed E-state index contributed by atoms with van der Waals surface area (Å²) in [6.07, 6.45) is 1.70. The van der Waals surface area contributed by atoms with Crippen molar-refractivity contribution in [3.05, 3.63) is 10.9 Å². The number of hydrogen-bond donors (Lipinski definition) is 2. The number of aliphatic hydroxyl groups excluding tert-OH is 1. The molecule has 1 aromatic rings. The highest BCUT2D eigenvalue weighted by Gasteiger charge is 2.18. The van der Waals surface area contributed by atoms with Crippen molar-refractivity contribution < 1.29 is 5.11 Å². The lowest BCUT2D eigenvalue weighted by Gasteiger charge is -2.29. The van der Waals surface area contributed by atoms with Crippen molar-refractivity contribution in [3.8, 4) is 0 Å². The Labute approximate surface area is 100 Å². The van der Waals surface area contributed by atoms with Gasteiger partial charge >= 0.3 is 0 Å². The molecule has 90 valence electrons. The molecule has 1 fully saturated rings. The standard InChI is InChI=1S/C11H19N3OS/c1-2-12-11-9(8-16-13-11)7-14-5-3-10(15)4-6-14/h8,10,15H,2-7H2,1H3,(H,12,13). The summed E-state index contributed by atoms with van der Waals surface area (Å²) < 4.78 is 4.34. The zero-order chi connectivity index (χ0) is 11.4. The van der Waals surface area contributed by atoms with Gasteiger partial charge in [-0.15, -0.1) is 0 Å². The predicted molar refractivity (Wildman–Crippen MR) is 66.8 cm³/mol. The number of rotatable bonds is 4. The minimum absolute atomic E-state index is 0.0925. The number of aliphatic hydroxyl groups is 1. The van der Waals surface area contributed by atoms with Crippen molar-refractivity contribution in [2.45, 2.75) is 32.4 Å². The fraction of sp³-hybridized carbons (Fsp3) is 0.727. The van der Waals surface area contributed by atoms with Crippen molar-refractivity contribution in [3.63, 3.8) is 0 Å². The Bertz CT molecular complexity index is 321. The van der Waals surface area contributed by atoms with Crippen LogP contribution in [0.4, 0.5) is 5.82 Å². The molecule has 2 rings (SSSR count). The third-order valence-electron chi connectivity index (χ3n) is 2.94. The van der Waals surface area contributed by atoms with E-state index in [2.05, 4.69) is 26.9 Å². The van der Waals surface area contributed by atoms with E-state index in [9.17, 15) is 5.11 Å². The topological polar surface area (TPSA) is 48.4 Å². The summed E-state index contributed by atoms with van der Waals surface area (Å²) in [6, 6.07) is 0. The van der Waals surface area contributed by atoms with Crippen LogP contribution in [-0.4, -0.2) is 40.1 Å². The van der Waals surface area contributed by atoms with Crippen LogP contribution >= 0.6 is 11.5 Å². The molecule has 16 heavy (non-hydrogen) atoms. The Morgan fingerprint density at radius 2 is 2.31 bits per heavy atom. The van der Waals surface area contributed by atoms with Gasteiger partial charge in [-0.05, 0) is 31.3 Å². The van der Waals surface area contributed by atoms with Crippen LogP contribution in [0.1, 0.15) is 25.3 Å². The molecule has 0 amide bonds. The van der Waals surface area contributed by atoms with Crippen LogP contribution in [0.2, 0.25) is 0 Å². The summed E-state index contributed by atoms with van der Waals surface area (Å²) in [5.74, 6) is 1.03. The lowest BCUT2D eigenvalue weighted by molar-refractivity contribution is 0.0793. The van der Waals surface area contributed by atoms with Crippen molar-refractivity contribution in [2.75, 3.05) is 25.0 Å². The number of likely N-dealkylation sites (tertiary alicyclic amines) is 1. The highest BCUT2D eigenvalue weighted by molar-refractivity contribution is 7.04. The SMILES string of the molecule is CCNc1nscc1CN1CCC(O)CC1. The van der Waals surface area contributed by atoms with Gasteiger partial charge in [0.2, 0.25) is 0 Å². The Morgan fingerprint density at radius 3 is 3.00 bits per heavy atom. The first-order chi connectivity index (χ1) is 7.79. The van der Waals surface area contributed by atoms with Gasteiger partial charge in [0.15, 0.2) is 0 Å². The first kappa shape index (κ1) is 11.8. The Hall–Kier alpha value is -0.650. The number of hydrogen-bond acceptors (Lipinski definition) is 5. The Balaban J connectivity index is 1.90.